The summed E-state index contributed by atoms with van der Waals surface area (Å²) in [5.74, 6) is 0.0131. The van der Waals surface area contributed by atoms with Crippen LogP contribution in [0.2, 0.25) is 0 Å². The minimum absolute atomic E-state index is 0.0752. The van der Waals surface area contributed by atoms with Gasteiger partial charge in [0, 0.05) is 22.7 Å². The van der Waals surface area contributed by atoms with Crippen molar-refractivity contribution in [2.75, 3.05) is 10.0 Å². The van der Waals surface area contributed by atoms with E-state index in [9.17, 15) is 23.3 Å². The van der Waals surface area contributed by atoms with E-state index in [1.807, 2.05) is 19.1 Å². The van der Waals surface area contributed by atoms with Gasteiger partial charge in [0.25, 0.3) is 21.6 Å². The molecular weight excluding hydrogens is 510 g/mol. The molecule has 1 aliphatic rings. The Balaban J connectivity index is 1.76. The van der Waals surface area contributed by atoms with Gasteiger partial charge in [-0.3, -0.25) is 19.6 Å². The summed E-state index contributed by atoms with van der Waals surface area (Å²) in [5.41, 5.74) is 2.98. The lowest BCUT2D eigenvalue weighted by Gasteiger charge is -2.33. The first-order valence-electron chi connectivity index (χ1n) is 12.1. The summed E-state index contributed by atoms with van der Waals surface area (Å²) >= 11 is 1.28. The average Bonchev–Trinajstić information content (AvgIpc) is 3.16. The van der Waals surface area contributed by atoms with Crippen LogP contribution < -0.4 is 10.0 Å². The van der Waals surface area contributed by atoms with E-state index >= 15 is 0 Å². The number of amides is 1. The number of carbonyl (C=O) groups is 1. The van der Waals surface area contributed by atoms with E-state index in [2.05, 4.69) is 30.8 Å². The Kier molecular flexibility index (Phi) is 7.18. The van der Waals surface area contributed by atoms with Crippen LogP contribution in [-0.4, -0.2) is 19.2 Å². The number of rotatable bonds is 6. The van der Waals surface area contributed by atoms with Crippen molar-refractivity contribution in [3.63, 3.8) is 0 Å². The molecule has 1 atom stereocenters. The van der Waals surface area contributed by atoms with E-state index < -0.39 is 14.9 Å². The fourth-order valence-electron chi connectivity index (χ4n) is 4.64. The number of hydrogen-bond acceptors (Lipinski definition) is 6. The first-order chi connectivity index (χ1) is 17.3. The van der Waals surface area contributed by atoms with Crippen LogP contribution in [0.5, 0.6) is 0 Å². The number of fused-ring (bicyclic) bond motifs is 1. The van der Waals surface area contributed by atoms with Gasteiger partial charge in [-0.2, -0.15) is 0 Å². The third-order valence-corrected chi connectivity index (χ3v) is 9.72. The molecule has 3 aromatic rings. The quantitative estimate of drug-likeness (QED) is 0.274. The molecule has 0 saturated carbocycles. The second kappa shape index (κ2) is 9.90. The summed E-state index contributed by atoms with van der Waals surface area (Å²) < 4.78 is 29.5. The highest BCUT2D eigenvalue weighted by Gasteiger charge is 2.35. The van der Waals surface area contributed by atoms with Crippen LogP contribution in [0, 0.1) is 35.3 Å². The van der Waals surface area contributed by atoms with Gasteiger partial charge in [0.2, 0.25) is 0 Å². The maximum atomic E-state index is 13.5. The topological polar surface area (TPSA) is 118 Å². The molecule has 1 heterocycles. The van der Waals surface area contributed by atoms with E-state index in [4.69, 9.17) is 0 Å². The van der Waals surface area contributed by atoms with Crippen molar-refractivity contribution in [2.24, 2.45) is 11.3 Å². The smallest absolute Gasteiger partial charge is 0.270 e. The van der Waals surface area contributed by atoms with Gasteiger partial charge < -0.3 is 5.32 Å². The molecule has 1 aliphatic carbocycles. The molecule has 0 unspecified atom stereocenters. The second-order valence-electron chi connectivity index (χ2n) is 10.6. The van der Waals surface area contributed by atoms with E-state index in [1.165, 1.54) is 23.5 Å². The van der Waals surface area contributed by atoms with Crippen molar-refractivity contribution in [1.82, 2.24) is 0 Å². The molecule has 0 bridgehead atoms. The third kappa shape index (κ3) is 5.70. The monoisotopic (exact) mass is 541 g/mol. The van der Waals surface area contributed by atoms with Crippen LogP contribution in [0.25, 0.3) is 0 Å². The molecule has 10 heteroatoms. The molecule has 0 spiro atoms. The highest BCUT2D eigenvalue weighted by Crippen LogP contribution is 2.45. The zero-order valence-electron chi connectivity index (χ0n) is 21.5. The van der Waals surface area contributed by atoms with E-state index in [0.29, 0.717) is 29.2 Å². The normalized spacial score (nSPS) is 15.6. The van der Waals surface area contributed by atoms with Crippen LogP contribution in [0.15, 0.2) is 47.4 Å². The molecule has 0 radical (unpaired) electrons. The Bertz CT molecular complexity index is 1470. The van der Waals surface area contributed by atoms with Crippen molar-refractivity contribution in [3.8, 4) is 0 Å². The SMILES string of the molecule is Cc1ccc(NC(=O)c2c(NS(=O)(=O)c3cc([N+](=O)[O-])ccc3C)sc3c2CC[C@H](C(C)(C)C)C3)cc1. The van der Waals surface area contributed by atoms with Gasteiger partial charge >= 0.3 is 0 Å². The van der Waals surface area contributed by atoms with Crippen LogP contribution in [-0.2, 0) is 22.9 Å². The van der Waals surface area contributed by atoms with E-state index in [1.54, 1.807) is 19.1 Å². The van der Waals surface area contributed by atoms with Gasteiger partial charge in [-0.25, -0.2) is 8.42 Å². The fourth-order valence-corrected chi connectivity index (χ4v) is 7.53. The van der Waals surface area contributed by atoms with Crippen molar-refractivity contribution >= 4 is 43.6 Å². The molecule has 0 aliphatic heterocycles. The van der Waals surface area contributed by atoms with Gasteiger partial charge in [0.05, 0.1) is 15.4 Å². The van der Waals surface area contributed by atoms with Gasteiger partial charge in [0.1, 0.15) is 5.00 Å². The molecule has 37 heavy (non-hydrogen) atoms. The third-order valence-electron chi connectivity index (χ3n) is 6.93. The van der Waals surface area contributed by atoms with Crippen molar-refractivity contribution in [3.05, 3.63) is 79.7 Å². The lowest BCUT2D eigenvalue weighted by molar-refractivity contribution is -0.385. The van der Waals surface area contributed by atoms with Crippen molar-refractivity contribution in [1.29, 1.82) is 0 Å². The molecule has 196 valence electrons. The molecule has 4 rings (SSSR count). The summed E-state index contributed by atoms with van der Waals surface area (Å²) in [4.78, 5) is 25.0. The number of sulfonamides is 1. The Morgan fingerprint density at radius 2 is 1.78 bits per heavy atom. The van der Waals surface area contributed by atoms with Gasteiger partial charge in [-0.15, -0.1) is 11.3 Å². The summed E-state index contributed by atoms with van der Waals surface area (Å²) in [5, 5.41) is 14.4. The van der Waals surface area contributed by atoms with Crippen molar-refractivity contribution in [2.45, 2.75) is 58.8 Å². The number of carbonyl (C=O) groups excluding carboxylic acids is 1. The number of nitrogens with zero attached hydrogens (tertiary/aromatic N) is 1. The maximum Gasteiger partial charge on any atom is 0.270 e. The van der Waals surface area contributed by atoms with Gasteiger partial charge in [-0.1, -0.05) is 44.5 Å². The van der Waals surface area contributed by atoms with E-state index in [-0.39, 0.29) is 26.9 Å². The fraction of sp³-hybridized carbons (Fsp3) is 0.370. The Labute approximate surface area is 221 Å². The minimum atomic E-state index is -4.20. The highest BCUT2D eigenvalue weighted by atomic mass is 32.2. The predicted octanol–water partition coefficient (Wildman–Crippen LogP) is 6.48. The molecule has 1 aromatic heterocycles. The number of nitrogens with one attached hydrogen (secondary N) is 2. The van der Waals surface area contributed by atoms with Gasteiger partial charge in [-0.05, 0) is 67.7 Å². The number of benzene rings is 2. The number of hydrogen-bond donors (Lipinski definition) is 2. The van der Waals surface area contributed by atoms with Crippen LogP contribution in [0.3, 0.4) is 0 Å². The minimum Gasteiger partial charge on any atom is -0.322 e. The molecule has 2 N–H and O–H groups in total. The standard InChI is InChI=1S/C27H31N3O5S2/c1-16-6-10-19(11-7-16)28-25(31)24-21-13-9-18(27(3,4)5)14-22(21)36-26(24)29-37(34,35)23-15-20(30(32)33)12-8-17(23)2/h6-8,10-12,15,18,29H,9,13-14H2,1-5H3,(H,28,31)/t18-/m0/s1. The molecule has 8 nitrogen and oxygen atoms in total. The second-order valence-corrected chi connectivity index (χ2v) is 13.4. The van der Waals surface area contributed by atoms with Crippen LogP contribution in [0.1, 0.15) is 59.1 Å². The zero-order valence-corrected chi connectivity index (χ0v) is 23.2. The first-order valence-corrected chi connectivity index (χ1v) is 14.4. The maximum absolute atomic E-state index is 13.5. The summed E-state index contributed by atoms with van der Waals surface area (Å²) in [7, 11) is -4.20. The number of non-ortho nitro benzene ring substituents is 1. The lowest BCUT2D eigenvalue weighted by atomic mass is 9.72. The summed E-state index contributed by atoms with van der Waals surface area (Å²) in [6.07, 6.45) is 2.32. The van der Waals surface area contributed by atoms with Crippen molar-refractivity contribution < 1.29 is 18.1 Å². The molecular formula is C27H31N3O5S2. The van der Waals surface area contributed by atoms with Crippen LogP contribution in [0.4, 0.5) is 16.4 Å². The Morgan fingerprint density at radius 1 is 1.11 bits per heavy atom. The van der Waals surface area contributed by atoms with E-state index in [0.717, 1.165) is 34.9 Å². The summed E-state index contributed by atoms with van der Waals surface area (Å²) in [6.45, 7) is 10.1. The molecule has 0 fully saturated rings. The highest BCUT2D eigenvalue weighted by molar-refractivity contribution is 7.93. The van der Waals surface area contributed by atoms with Gasteiger partial charge in [0.15, 0.2) is 0 Å². The number of nitro groups is 1. The number of anilines is 2. The molecule has 2 aromatic carbocycles. The molecule has 1 amide bonds. The lowest BCUT2D eigenvalue weighted by Crippen LogP contribution is -2.27. The Hall–Kier alpha value is -3.24. The number of thiophene rings is 1. The first kappa shape index (κ1) is 26.8. The zero-order chi connectivity index (χ0) is 27.1. The largest absolute Gasteiger partial charge is 0.322 e. The molecule has 0 saturated heterocycles. The number of nitro benzene ring substituents is 1. The predicted molar refractivity (Wildman–Crippen MR) is 147 cm³/mol. The average molecular weight is 542 g/mol. The number of aryl methyl sites for hydroxylation is 2. The summed E-state index contributed by atoms with van der Waals surface area (Å²) in [6, 6.07) is 11.1. The van der Waals surface area contributed by atoms with Crippen LogP contribution >= 0.6 is 11.3 Å². The Morgan fingerprint density at radius 3 is 2.41 bits per heavy atom.